The van der Waals surface area contributed by atoms with Crippen LogP contribution in [0.1, 0.15) is 11.1 Å². The molecule has 8 nitrogen and oxygen atoms in total. The van der Waals surface area contributed by atoms with Crippen LogP contribution < -0.4 is 4.72 Å². The molecule has 1 aromatic heterocycles. The van der Waals surface area contributed by atoms with Gasteiger partial charge < -0.3 is 5.11 Å². The Morgan fingerprint density at radius 1 is 1.39 bits per heavy atom. The minimum atomic E-state index is -4.13. The molecule has 1 unspecified atom stereocenters. The molecule has 1 atom stereocenters. The van der Waals surface area contributed by atoms with Crippen LogP contribution in [0, 0.1) is 19.7 Å². The lowest BCUT2D eigenvalue weighted by molar-refractivity contribution is -0.139. The van der Waals surface area contributed by atoms with Crippen LogP contribution in [0.3, 0.4) is 0 Å². The molecule has 0 aliphatic carbocycles. The van der Waals surface area contributed by atoms with Gasteiger partial charge >= 0.3 is 5.97 Å². The Hall–Kier alpha value is -2.33. The lowest BCUT2D eigenvalue weighted by atomic mass is 10.1. The van der Waals surface area contributed by atoms with E-state index in [0.717, 1.165) is 12.1 Å². The molecule has 0 bridgehead atoms. The van der Waals surface area contributed by atoms with Gasteiger partial charge in [0.25, 0.3) is 0 Å². The molecule has 0 radical (unpaired) electrons. The van der Waals surface area contributed by atoms with Gasteiger partial charge in [0.1, 0.15) is 24.5 Å². The number of aryl methyl sites for hydroxylation is 2. The highest BCUT2D eigenvalue weighted by Gasteiger charge is 2.27. The van der Waals surface area contributed by atoms with Gasteiger partial charge in [0.15, 0.2) is 0 Å². The molecule has 0 saturated heterocycles. The molecule has 0 fully saturated rings. The Morgan fingerprint density at radius 2 is 2.00 bits per heavy atom. The Labute approximate surface area is 132 Å². The molecule has 10 heteroatoms. The number of nitrogens with one attached hydrogen (secondary N) is 1. The predicted molar refractivity (Wildman–Crippen MR) is 77.6 cm³/mol. The zero-order chi connectivity index (χ0) is 17.2. The zero-order valence-corrected chi connectivity index (χ0v) is 13.2. The fourth-order valence-corrected chi connectivity index (χ4v) is 3.35. The maximum Gasteiger partial charge on any atom is 0.323 e. The number of nitrogens with zero attached hydrogens (tertiary/aromatic N) is 3. The van der Waals surface area contributed by atoms with Gasteiger partial charge in [-0.15, -0.1) is 0 Å². The van der Waals surface area contributed by atoms with Crippen molar-refractivity contribution in [2.75, 3.05) is 0 Å². The molecule has 0 aliphatic rings. The second kappa shape index (κ2) is 6.42. The average molecular weight is 342 g/mol. The van der Waals surface area contributed by atoms with Gasteiger partial charge in [0.2, 0.25) is 10.0 Å². The molecule has 0 amide bonds. The van der Waals surface area contributed by atoms with Gasteiger partial charge in [0.05, 0.1) is 11.4 Å². The standard InChI is InChI=1S/C13H15FN4O4S/c1-8-3-10(4-9(2)12(8)14)23(21,22)17-11(13(19)20)5-18-7-15-6-16-18/h3-4,6-7,11,17H,5H2,1-2H3,(H,19,20). The van der Waals surface area contributed by atoms with Gasteiger partial charge in [-0.25, -0.2) is 17.8 Å². The van der Waals surface area contributed by atoms with E-state index >= 15 is 0 Å². The molecular weight excluding hydrogens is 327 g/mol. The molecule has 1 aromatic carbocycles. The summed E-state index contributed by atoms with van der Waals surface area (Å²) in [5, 5.41) is 12.9. The quantitative estimate of drug-likeness (QED) is 0.788. The predicted octanol–water partition coefficient (Wildman–Crippen LogP) is 0.466. The van der Waals surface area contributed by atoms with E-state index in [9.17, 15) is 22.7 Å². The third-order valence-electron chi connectivity index (χ3n) is 3.15. The number of rotatable bonds is 6. The Bertz CT molecular complexity index is 798. The first kappa shape index (κ1) is 17.0. The molecule has 2 aromatic rings. The number of halogens is 1. The van der Waals surface area contributed by atoms with Crippen molar-refractivity contribution in [2.45, 2.75) is 31.3 Å². The minimum Gasteiger partial charge on any atom is -0.480 e. The summed E-state index contributed by atoms with van der Waals surface area (Å²) < 4.78 is 41.6. The Kier molecular flexibility index (Phi) is 4.76. The number of aliphatic carboxylic acids is 1. The van der Waals surface area contributed by atoms with Gasteiger partial charge in [-0.05, 0) is 37.1 Å². The first-order valence-corrected chi connectivity index (χ1v) is 8.03. The van der Waals surface area contributed by atoms with Gasteiger partial charge in [-0.3, -0.25) is 9.48 Å². The number of carboxylic acids is 1. The van der Waals surface area contributed by atoms with E-state index in [1.165, 1.54) is 31.2 Å². The van der Waals surface area contributed by atoms with Crippen LogP contribution in [-0.2, 0) is 21.4 Å². The first-order valence-electron chi connectivity index (χ1n) is 6.55. The van der Waals surface area contributed by atoms with Crippen molar-refractivity contribution < 1.29 is 22.7 Å². The van der Waals surface area contributed by atoms with Crippen molar-refractivity contribution >= 4 is 16.0 Å². The molecule has 1 heterocycles. The average Bonchev–Trinajstić information content (AvgIpc) is 2.96. The maximum atomic E-state index is 13.6. The number of carbonyl (C=O) groups is 1. The summed E-state index contributed by atoms with van der Waals surface area (Å²) in [6.07, 6.45) is 2.48. The van der Waals surface area contributed by atoms with E-state index in [4.69, 9.17) is 0 Å². The fraction of sp³-hybridized carbons (Fsp3) is 0.308. The lowest BCUT2D eigenvalue weighted by Crippen LogP contribution is -2.43. The molecule has 0 aliphatic heterocycles. The van der Waals surface area contributed by atoms with Crippen molar-refractivity contribution in [1.82, 2.24) is 19.5 Å². The van der Waals surface area contributed by atoms with E-state index in [1.54, 1.807) is 0 Å². The van der Waals surface area contributed by atoms with Crippen LogP contribution in [0.15, 0.2) is 29.7 Å². The van der Waals surface area contributed by atoms with Crippen molar-refractivity contribution in [3.8, 4) is 0 Å². The second-order valence-corrected chi connectivity index (χ2v) is 6.71. The zero-order valence-electron chi connectivity index (χ0n) is 12.4. The van der Waals surface area contributed by atoms with Crippen LogP contribution in [0.5, 0.6) is 0 Å². The molecule has 0 saturated carbocycles. The summed E-state index contributed by atoms with van der Waals surface area (Å²) in [5.74, 6) is -1.86. The highest BCUT2D eigenvalue weighted by Crippen LogP contribution is 2.18. The number of aromatic nitrogens is 3. The van der Waals surface area contributed by atoms with Crippen molar-refractivity contribution in [2.24, 2.45) is 0 Å². The lowest BCUT2D eigenvalue weighted by Gasteiger charge is -2.15. The first-order chi connectivity index (χ1) is 10.7. The summed E-state index contributed by atoms with van der Waals surface area (Å²) in [5.41, 5.74) is 0.321. The number of benzene rings is 1. The van der Waals surface area contributed by atoms with Crippen LogP contribution in [0.2, 0.25) is 0 Å². The van der Waals surface area contributed by atoms with E-state index in [1.807, 2.05) is 0 Å². The van der Waals surface area contributed by atoms with E-state index in [-0.39, 0.29) is 22.6 Å². The van der Waals surface area contributed by atoms with Crippen molar-refractivity contribution in [3.05, 3.63) is 41.7 Å². The monoisotopic (exact) mass is 342 g/mol. The maximum absolute atomic E-state index is 13.6. The SMILES string of the molecule is Cc1cc(S(=O)(=O)NC(Cn2cncn2)C(=O)O)cc(C)c1F. The summed E-state index contributed by atoms with van der Waals surface area (Å²) in [6.45, 7) is 2.64. The topological polar surface area (TPSA) is 114 Å². The van der Waals surface area contributed by atoms with Gasteiger partial charge in [-0.2, -0.15) is 9.82 Å². The molecule has 2 N–H and O–H groups in total. The highest BCUT2D eigenvalue weighted by atomic mass is 32.2. The molecule has 0 spiro atoms. The number of hydrogen-bond acceptors (Lipinski definition) is 5. The van der Waals surface area contributed by atoms with E-state index < -0.39 is 27.9 Å². The number of carboxylic acid groups (broad SMARTS) is 1. The molecular formula is C13H15FN4O4S. The van der Waals surface area contributed by atoms with E-state index in [0.29, 0.717) is 0 Å². The minimum absolute atomic E-state index is 0.161. The fourth-order valence-electron chi connectivity index (χ4n) is 2.00. The summed E-state index contributed by atoms with van der Waals surface area (Å²) >= 11 is 0. The van der Waals surface area contributed by atoms with Crippen LogP contribution in [-0.4, -0.2) is 40.3 Å². The number of sulfonamides is 1. The molecule has 124 valence electrons. The van der Waals surface area contributed by atoms with Crippen LogP contribution >= 0.6 is 0 Å². The third kappa shape index (κ3) is 3.90. The normalized spacial score (nSPS) is 13.0. The summed E-state index contributed by atoms with van der Waals surface area (Å²) in [4.78, 5) is 14.7. The molecule has 2 rings (SSSR count). The largest absolute Gasteiger partial charge is 0.480 e. The summed E-state index contributed by atoms with van der Waals surface area (Å²) in [6, 6.07) is 0.866. The Balaban J connectivity index is 2.29. The Morgan fingerprint density at radius 3 is 2.48 bits per heavy atom. The smallest absolute Gasteiger partial charge is 0.323 e. The summed E-state index contributed by atoms with van der Waals surface area (Å²) in [7, 11) is -4.13. The van der Waals surface area contributed by atoms with Crippen LogP contribution in [0.4, 0.5) is 4.39 Å². The molecule has 23 heavy (non-hydrogen) atoms. The third-order valence-corrected chi connectivity index (χ3v) is 4.60. The van der Waals surface area contributed by atoms with Crippen molar-refractivity contribution in [3.63, 3.8) is 0 Å². The highest BCUT2D eigenvalue weighted by molar-refractivity contribution is 7.89. The van der Waals surface area contributed by atoms with Gasteiger partial charge in [-0.1, -0.05) is 0 Å². The number of hydrogen-bond donors (Lipinski definition) is 2. The van der Waals surface area contributed by atoms with E-state index in [2.05, 4.69) is 14.8 Å². The van der Waals surface area contributed by atoms with Crippen molar-refractivity contribution in [1.29, 1.82) is 0 Å². The second-order valence-electron chi connectivity index (χ2n) is 5.00. The van der Waals surface area contributed by atoms with Gasteiger partial charge in [0, 0.05) is 0 Å². The van der Waals surface area contributed by atoms with Crippen LogP contribution in [0.25, 0.3) is 0 Å².